The molecule has 0 aliphatic rings. The second kappa shape index (κ2) is 18.0. The van der Waals surface area contributed by atoms with Crippen LogP contribution in [0.1, 0.15) is 90.9 Å². The smallest absolute Gasteiger partial charge is 0.305 e. The van der Waals surface area contributed by atoms with Crippen molar-refractivity contribution in [3.8, 4) is 0 Å². The third-order valence-electron chi connectivity index (χ3n) is 3.69. The van der Waals surface area contributed by atoms with Gasteiger partial charge < -0.3 is 9.47 Å². The number of carbonyl (C=O) groups excluding carboxylic acids is 2. The minimum absolute atomic E-state index is 0.164. The lowest BCUT2D eigenvalue weighted by atomic mass is 10.2. The van der Waals surface area contributed by atoms with Gasteiger partial charge in [0.1, 0.15) is 0 Å². The van der Waals surface area contributed by atoms with Crippen LogP contribution in [0.3, 0.4) is 0 Å². The summed E-state index contributed by atoms with van der Waals surface area (Å²) < 4.78 is 10.2. The maximum absolute atomic E-state index is 11.5. The van der Waals surface area contributed by atoms with Crippen LogP contribution in [-0.4, -0.2) is 25.2 Å². The zero-order chi connectivity index (χ0) is 17.9. The van der Waals surface area contributed by atoms with Gasteiger partial charge in [-0.15, -0.1) is 0 Å². The highest BCUT2D eigenvalue weighted by molar-refractivity contribution is 5.70. The van der Waals surface area contributed by atoms with Crippen molar-refractivity contribution in [2.24, 2.45) is 0 Å². The van der Waals surface area contributed by atoms with Crippen LogP contribution >= 0.6 is 0 Å². The van der Waals surface area contributed by atoms with E-state index in [-0.39, 0.29) is 11.9 Å². The molecule has 0 aliphatic heterocycles. The van der Waals surface area contributed by atoms with Gasteiger partial charge in [0.25, 0.3) is 0 Å². The maximum Gasteiger partial charge on any atom is 0.305 e. The van der Waals surface area contributed by atoms with E-state index in [1.54, 1.807) is 0 Å². The van der Waals surface area contributed by atoms with Gasteiger partial charge in [0.15, 0.2) is 0 Å². The molecule has 0 unspecified atom stereocenters. The molecule has 0 saturated heterocycles. The fraction of sp³-hybridized carbons (Fsp3) is 0.800. The van der Waals surface area contributed by atoms with Crippen molar-refractivity contribution in [3.05, 3.63) is 12.2 Å². The van der Waals surface area contributed by atoms with Crippen molar-refractivity contribution < 1.29 is 19.1 Å². The number of carbonyl (C=O) groups is 2. The Balaban J connectivity index is 3.36. The van der Waals surface area contributed by atoms with E-state index >= 15 is 0 Å². The molecule has 0 N–H and O–H groups in total. The van der Waals surface area contributed by atoms with E-state index in [2.05, 4.69) is 26.0 Å². The molecule has 4 nitrogen and oxygen atoms in total. The average Bonchev–Trinajstić information content (AvgIpc) is 2.57. The third-order valence-corrected chi connectivity index (χ3v) is 3.69. The number of allylic oxidation sites excluding steroid dienone is 2. The maximum atomic E-state index is 11.5. The highest BCUT2D eigenvalue weighted by Crippen LogP contribution is 2.05. The second-order valence-electron chi connectivity index (χ2n) is 6.11. The third kappa shape index (κ3) is 17.0. The first-order chi connectivity index (χ1) is 11.7. The number of ether oxygens (including phenoxy) is 2. The Hall–Kier alpha value is -1.32. The Kier molecular flexibility index (Phi) is 17.0. The predicted octanol–water partition coefficient (Wildman–Crippen LogP) is 5.35. The monoisotopic (exact) mass is 340 g/mol. The summed E-state index contributed by atoms with van der Waals surface area (Å²) in [6.07, 6.45) is 15.2. The van der Waals surface area contributed by atoms with Crippen molar-refractivity contribution in [3.63, 3.8) is 0 Å². The Labute approximate surface area is 148 Å². The molecule has 140 valence electrons. The first-order valence-corrected chi connectivity index (χ1v) is 9.66. The molecule has 0 atom stereocenters. The predicted molar refractivity (Wildman–Crippen MR) is 97.8 cm³/mol. The van der Waals surface area contributed by atoms with E-state index in [0.717, 1.165) is 32.1 Å². The number of esters is 2. The Bertz CT molecular complexity index is 337. The van der Waals surface area contributed by atoms with Gasteiger partial charge in [0.05, 0.1) is 13.2 Å². The SMILES string of the molecule is CCCCC/C=C/CCCOC(=O)CCCCC(=O)OCCCC. The summed E-state index contributed by atoms with van der Waals surface area (Å²) in [5, 5.41) is 0. The molecule has 0 aromatic heterocycles. The van der Waals surface area contributed by atoms with E-state index in [4.69, 9.17) is 9.47 Å². The molecule has 0 bridgehead atoms. The van der Waals surface area contributed by atoms with Gasteiger partial charge in [-0.1, -0.05) is 45.3 Å². The molecule has 0 fully saturated rings. The van der Waals surface area contributed by atoms with Crippen molar-refractivity contribution >= 4 is 11.9 Å². The van der Waals surface area contributed by atoms with Gasteiger partial charge in [-0.3, -0.25) is 9.59 Å². The van der Waals surface area contributed by atoms with Gasteiger partial charge in [0, 0.05) is 12.8 Å². The summed E-state index contributed by atoms with van der Waals surface area (Å²) in [5.74, 6) is -0.330. The molecule has 0 aliphatic carbocycles. The largest absolute Gasteiger partial charge is 0.466 e. The molecule has 24 heavy (non-hydrogen) atoms. The van der Waals surface area contributed by atoms with Crippen LogP contribution in [0.25, 0.3) is 0 Å². The highest BCUT2D eigenvalue weighted by Gasteiger charge is 2.05. The molecule has 0 aromatic carbocycles. The van der Waals surface area contributed by atoms with Gasteiger partial charge in [-0.05, 0) is 44.9 Å². The van der Waals surface area contributed by atoms with E-state index in [1.807, 2.05) is 0 Å². The number of hydrogen-bond acceptors (Lipinski definition) is 4. The number of hydrogen-bond donors (Lipinski definition) is 0. The Morgan fingerprint density at radius 1 is 0.667 bits per heavy atom. The summed E-state index contributed by atoms with van der Waals surface area (Å²) in [6.45, 7) is 5.25. The molecule has 4 heteroatoms. The Morgan fingerprint density at radius 2 is 1.17 bits per heavy atom. The zero-order valence-electron chi connectivity index (χ0n) is 15.7. The molecule has 0 rings (SSSR count). The first kappa shape index (κ1) is 22.7. The Morgan fingerprint density at radius 3 is 1.71 bits per heavy atom. The molecule has 0 aromatic rings. The molecular formula is C20H36O4. The van der Waals surface area contributed by atoms with Crippen LogP contribution in [0.4, 0.5) is 0 Å². The van der Waals surface area contributed by atoms with E-state index in [9.17, 15) is 9.59 Å². The van der Waals surface area contributed by atoms with Crippen molar-refractivity contribution in [1.29, 1.82) is 0 Å². The molecule has 0 heterocycles. The zero-order valence-corrected chi connectivity index (χ0v) is 15.7. The van der Waals surface area contributed by atoms with Crippen LogP contribution in [0.5, 0.6) is 0 Å². The van der Waals surface area contributed by atoms with Gasteiger partial charge >= 0.3 is 11.9 Å². The summed E-state index contributed by atoms with van der Waals surface area (Å²) in [6, 6.07) is 0. The quantitative estimate of drug-likeness (QED) is 0.216. The lowest BCUT2D eigenvalue weighted by Crippen LogP contribution is -2.07. The molecule has 0 amide bonds. The van der Waals surface area contributed by atoms with Crippen molar-refractivity contribution in [2.75, 3.05) is 13.2 Å². The van der Waals surface area contributed by atoms with Crippen molar-refractivity contribution in [2.45, 2.75) is 90.9 Å². The van der Waals surface area contributed by atoms with Crippen molar-refractivity contribution in [1.82, 2.24) is 0 Å². The summed E-state index contributed by atoms with van der Waals surface area (Å²) in [4.78, 5) is 22.9. The standard InChI is InChI=1S/C20H36O4/c1-3-5-7-8-9-10-11-14-18-24-20(22)16-13-12-15-19(21)23-17-6-4-2/h9-10H,3-8,11-18H2,1-2H3/b10-9+. The molecule has 0 saturated carbocycles. The van der Waals surface area contributed by atoms with Gasteiger partial charge in [-0.2, -0.15) is 0 Å². The number of unbranched alkanes of at least 4 members (excludes halogenated alkanes) is 6. The average molecular weight is 341 g/mol. The second-order valence-corrected chi connectivity index (χ2v) is 6.11. The minimum atomic E-state index is -0.165. The van der Waals surface area contributed by atoms with Crippen LogP contribution in [0, 0.1) is 0 Å². The summed E-state index contributed by atoms with van der Waals surface area (Å²) in [7, 11) is 0. The minimum Gasteiger partial charge on any atom is -0.466 e. The highest BCUT2D eigenvalue weighted by atomic mass is 16.5. The number of rotatable bonds is 16. The van der Waals surface area contributed by atoms with Crippen LogP contribution in [-0.2, 0) is 19.1 Å². The van der Waals surface area contributed by atoms with Crippen LogP contribution in [0.2, 0.25) is 0 Å². The molecular weight excluding hydrogens is 304 g/mol. The summed E-state index contributed by atoms with van der Waals surface area (Å²) >= 11 is 0. The van der Waals surface area contributed by atoms with Gasteiger partial charge in [0.2, 0.25) is 0 Å². The van der Waals surface area contributed by atoms with E-state index in [1.165, 1.54) is 19.3 Å². The molecule has 0 spiro atoms. The van der Waals surface area contributed by atoms with E-state index < -0.39 is 0 Å². The topological polar surface area (TPSA) is 52.6 Å². The fourth-order valence-electron chi connectivity index (χ4n) is 2.15. The van der Waals surface area contributed by atoms with Crippen LogP contribution < -0.4 is 0 Å². The van der Waals surface area contributed by atoms with Crippen LogP contribution in [0.15, 0.2) is 12.2 Å². The van der Waals surface area contributed by atoms with E-state index in [0.29, 0.717) is 38.9 Å². The lowest BCUT2D eigenvalue weighted by Gasteiger charge is -2.05. The lowest BCUT2D eigenvalue weighted by molar-refractivity contribution is -0.146. The fourth-order valence-corrected chi connectivity index (χ4v) is 2.15. The normalized spacial score (nSPS) is 10.9. The summed E-state index contributed by atoms with van der Waals surface area (Å²) in [5.41, 5.74) is 0. The van der Waals surface area contributed by atoms with Gasteiger partial charge in [-0.25, -0.2) is 0 Å². The molecule has 0 radical (unpaired) electrons. The first-order valence-electron chi connectivity index (χ1n) is 9.66.